The number of nitrogens with zero attached hydrogens (tertiary/aromatic N) is 1. The SMILES string of the molecule is CCCCCCCC(=O)C1CN(CC)CCO1. The number of carbonyl (C=O) groups is 1. The Morgan fingerprint density at radius 3 is 2.71 bits per heavy atom. The van der Waals surface area contributed by atoms with Gasteiger partial charge in [-0.1, -0.05) is 39.5 Å². The summed E-state index contributed by atoms with van der Waals surface area (Å²) in [6.07, 6.45) is 6.56. The highest BCUT2D eigenvalue weighted by atomic mass is 16.5. The van der Waals surface area contributed by atoms with Crippen LogP contribution in [0.25, 0.3) is 0 Å². The first-order valence-corrected chi connectivity index (χ1v) is 7.14. The average molecular weight is 241 g/mol. The van der Waals surface area contributed by atoms with Gasteiger partial charge in [0.25, 0.3) is 0 Å². The number of hydrogen-bond acceptors (Lipinski definition) is 3. The lowest BCUT2D eigenvalue weighted by Crippen LogP contribution is -2.45. The van der Waals surface area contributed by atoms with Gasteiger partial charge in [-0.3, -0.25) is 9.69 Å². The molecule has 1 unspecified atom stereocenters. The van der Waals surface area contributed by atoms with Crippen LogP contribution in [0, 0.1) is 0 Å². The van der Waals surface area contributed by atoms with Crippen molar-refractivity contribution in [2.45, 2.75) is 58.5 Å². The zero-order valence-electron chi connectivity index (χ0n) is 11.4. The predicted octanol–water partition coefficient (Wildman–Crippen LogP) is 2.64. The van der Waals surface area contributed by atoms with E-state index in [-0.39, 0.29) is 6.10 Å². The van der Waals surface area contributed by atoms with Gasteiger partial charge in [0.15, 0.2) is 5.78 Å². The number of rotatable bonds is 8. The maximum Gasteiger partial charge on any atom is 0.162 e. The first-order chi connectivity index (χ1) is 8.27. The number of likely N-dealkylation sites (N-methyl/N-ethyl adjacent to an activating group) is 1. The first-order valence-electron chi connectivity index (χ1n) is 7.14. The summed E-state index contributed by atoms with van der Waals surface area (Å²) in [7, 11) is 0. The standard InChI is InChI=1S/C14H27NO2/c1-3-5-6-7-8-9-13(16)14-12-15(4-2)10-11-17-14/h14H,3-12H2,1-2H3. The highest BCUT2D eigenvalue weighted by Gasteiger charge is 2.24. The van der Waals surface area contributed by atoms with Gasteiger partial charge in [0.2, 0.25) is 0 Å². The van der Waals surface area contributed by atoms with Gasteiger partial charge in [-0.15, -0.1) is 0 Å². The van der Waals surface area contributed by atoms with E-state index >= 15 is 0 Å². The van der Waals surface area contributed by atoms with E-state index in [0.717, 1.165) is 26.1 Å². The second-order valence-corrected chi connectivity index (χ2v) is 4.88. The Morgan fingerprint density at radius 1 is 1.24 bits per heavy atom. The molecular formula is C14H27NO2. The Balaban J connectivity index is 2.14. The summed E-state index contributed by atoms with van der Waals surface area (Å²) in [5.41, 5.74) is 0. The van der Waals surface area contributed by atoms with E-state index in [1.165, 1.54) is 25.7 Å². The molecule has 0 saturated carbocycles. The van der Waals surface area contributed by atoms with Gasteiger partial charge < -0.3 is 4.74 Å². The predicted molar refractivity (Wildman–Crippen MR) is 70.2 cm³/mol. The van der Waals surface area contributed by atoms with Gasteiger partial charge in [-0.25, -0.2) is 0 Å². The van der Waals surface area contributed by atoms with Gasteiger partial charge in [0.1, 0.15) is 6.10 Å². The highest BCUT2D eigenvalue weighted by Crippen LogP contribution is 2.11. The topological polar surface area (TPSA) is 29.5 Å². The van der Waals surface area contributed by atoms with E-state index < -0.39 is 0 Å². The number of unbranched alkanes of at least 4 members (excludes halogenated alkanes) is 4. The molecule has 0 aromatic heterocycles. The third-order valence-corrected chi connectivity index (χ3v) is 3.48. The van der Waals surface area contributed by atoms with E-state index in [1.807, 2.05) is 0 Å². The fourth-order valence-corrected chi connectivity index (χ4v) is 2.25. The first kappa shape index (κ1) is 14.7. The molecule has 1 heterocycles. The Labute approximate surface area is 106 Å². The van der Waals surface area contributed by atoms with E-state index in [2.05, 4.69) is 18.7 Å². The number of Topliss-reactive ketones (excluding diaryl/α,β-unsaturated/α-hetero) is 1. The van der Waals surface area contributed by atoms with Crippen molar-refractivity contribution in [1.29, 1.82) is 0 Å². The minimum atomic E-state index is -0.158. The fourth-order valence-electron chi connectivity index (χ4n) is 2.25. The lowest BCUT2D eigenvalue weighted by atomic mass is 10.0. The minimum Gasteiger partial charge on any atom is -0.368 e. The smallest absolute Gasteiger partial charge is 0.162 e. The molecule has 1 aliphatic rings. The quantitative estimate of drug-likeness (QED) is 0.612. The molecule has 3 nitrogen and oxygen atoms in total. The van der Waals surface area contributed by atoms with Crippen molar-refractivity contribution in [2.75, 3.05) is 26.2 Å². The van der Waals surface area contributed by atoms with Crippen LogP contribution >= 0.6 is 0 Å². The fraction of sp³-hybridized carbons (Fsp3) is 0.929. The largest absolute Gasteiger partial charge is 0.368 e. The maximum atomic E-state index is 11.9. The average Bonchev–Trinajstić information content (AvgIpc) is 2.38. The summed E-state index contributed by atoms with van der Waals surface area (Å²) in [5.74, 6) is 0.305. The van der Waals surface area contributed by atoms with Crippen LogP contribution in [-0.2, 0) is 9.53 Å². The normalized spacial score (nSPS) is 21.6. The Hall–Kier alpha value is -0.410. The van der Waals surface area contributed by atoms with Crippen molar-refractivity contribution in [1.82, 2.24) is 4.90 Å². The van der Waals surface area contributed by atoms with E-state index in [0.29, 0.717) is 18.8 Å². The molecule has 0 aromatic rings. The van der Waals surface area contributed by atoms with Gasteiger partial charge in [-0.05, 0) is 13.0 Å². The number of ketones is 1. The van der Waals surface area contributed by atoms with Gasteiger partial charge >= 0.3 is 0 Å². The summed E-state index contributed by atoms with van der Waals surface area (Å²) in [6, 6.07) is 0. The summed E-state index contributed by atoms with van der Waals surface area (Å²) >= 11 is 0. The third kappa shape index (κ3) is 5.64. The number of morpholine rings is 1. The van der Waals surface area contributed by atoms with Crippen molar-refractivity contribution in [3.8, 4) is 0 Å². The molecule has 0 aromatic carbocycles. The lowest BCUT2D eigenvalue weighted by molar-refractivity contribution is -0.136. The number of carbonyl (C=O) groups excluding carboxylic acids is 1. The van der Waals surface area contributed by atoms with Crippen LogP contribution in [0.15, 0.2) is 0 Å². The minimum absolute atomic E-state index is 0.158. The van der Waals surface area contributed by atoms with Crippen LogP contribution in [0.3, 0.4) is 0 Å². The van der Waals surface area contributed by atoms with Crippen molar-refractivity contribution < 1.29 is 9.53 Å². The molecule has 1 saturated heterocycles. The zero-order valence-corrected chi connectivity index (χ0v) is 11.4. The van der Waals surface area contributed by atoms with Gasteiger partial charge in [0, 0.05) is 19.5 Å². The molecule has 3 heteroatoms. The van der Waals surface area contributed by atoms with Crippen LogP contribution in [0.2, 0.25) is 0 Å². The molecule has 0 N–H and O–H groups in total. The lowest BCUT2D eigenvalue weighted by Gasteiger charge is -2.31. The van der Waals surface area contributed by atoms with Gasteiger partial charge in [0.05, 0.1) is 6.61 Å². The molecule has 1 aliphatic heterocycles. The van der Waals surface area contributed by atoms with E-state index in [4.69, 9.17) is 4.74 Å². The molecule has 0 radical (unpaired) electrons. The molecule has 0 spiro atoms. The third-order valence-electron chi connectivity index (χ3n) is 3.48. The van der Waals surface area contributed by atoms with Crippen molar-refractivity contribution in [3.63, 3.8) is 0 Å². The summed E-state index contributed by atoms with van der Waals surface area (Å²) in [6.45, 7) is 7.84. The Bertz CT molecular complexity index is 218. The van der Waals surface area contributed by atoms with Crippen molar-refractivity contribution in [2.24, 2.45) is 0 Å². The molecule has 0 aliphatic carbocycles. The Kier molecular flexibility index (Phi) is 7.45. The van der Waals surface area contributed by atoms with Crippen LogP contribution in [-0.4, -0.2) is 43.0 Å². The second kappa shape index (κ2) is 8.65. The Morgan fingerprint density at radius 2 is 2.00 bits per heavy atom. The molecule has 0 bridgehead atoms. The number of ether oxygens (including phenoxy) is 1. The van der Waals surface area contributed by atoms with Crippen LogP contribution < -0.4 is 0 Å². The van der Waals surface area contributed by atoms with Crippen molar-refractivity contribution >= 4 is 5.78 Å². The van der Waals surface area contributed by atoms with Crippen molar-refractivity contribution in [3.05, 3.63) is 0 Å². The molecule has 100 valence electrons. The molecule has 1 rings (SSSR count). The molecule has 17 heavy (non-hydrogen) atoms. The van der Waals surface area contributed by atoms with Crippen LogP contribution in [0.4, 0.5) is 0 Å². The summed E-state index contributed by atoms with van der Waals surface area (Å²) in [5, 5.41) is 0. The molecule has 1 fully saturated rings. The molecule has 0 amide bonds. The second-order valence-electron chi connectivity index (χ2n) is 4.88. The maximum absolute atomic E-state index is 11.9. The summed E-state index contributed by atoms with van der Waals surface area (Å²) in [4.78, 5) is 14.2. The zero-order chi connectivity index (χ0) is 12.5. The van der Waals surface area contributed by atoms with Crippen LogP contribution in [0.5, 0.6) is 0 Å². The summed E-state index contributed by atoms with van der Waals surface area (Å²) < 4.78 is 5.56. The molecule has 1 atom stereocenters. The molecular weight excluding hydrogens is 214 g/mol. The van der Waals surface area contributed by atoms with E-state index in [9.17, 15) is 4.79 Å². The highest BCUT2D eigenvalue weighted by molar-refractivity contribution is 5.83. The van der Waals surface area contributed by atoms with Crippen LogP contribution in [0.1, 0.15) is 52.4 Å². The monoisotopic (exact) mass is 241 g/mol. The van der Waals surface area contributed by atoms with Gasteiger partial charge in [-0.2, -0.15) is 0 Å². The number of hydrogen-bond donors (Lipinski definition) is 0. The van der Waals surface area contributed by atoms with E-state index in [1.54, 1.807) is 0 Å².